The molecule has 0 bridgehead atoms. The van der Waals surface area contributed by atoms with E-state index in [1.165, 1.54) is 0 Å². The predicted octanol–water partition coefficient (Wildman–Crippen LogP) is 2.62. The number of ether oxygens (including phenoxy) is 1. The molecule has 0 atom stereocenters. The van der Waals surface area contributed by atoms with Crippen LogP contribution in [0, 0.1) is 0 Å². The fraction of sp³-hybridized carbons (Fsp3) is 0.182. The third-order valence-corrected chi connectivity index (χ3v) is 2.21. The molecule has 4 heteroatoms. The molecule has 1 aromatic carbocycles. The molecule has 0 unspecified atom stereocenters. The van der Waals surface area contributed by atoms with E-state index in [2.05, 4.69) is 5.10 Å². The monoisotopic (exact) mass is 222 g/mol. The Morgan fingerprint density at radius 3 is 2.73 bits per heavy atom. The molecular weight excluding hydrogens is 212 g/mol. The van der Waals surface area contributed by atoms with Crippen LogP contribution in [0.3, 0.4) is 0 Å². The molecule has 2 rings (SSSR count). The lowest BCUT2D eigenvalue weighted by atomic mass is 10.3. The van der Waals surface area contributed by atoms with E-state index in [0.717, 1.165) is 17.3 Å². The van der Waals surface area contributed by atoms with Crippen LogP contribution in [0.4, 0.5) is 0 Å². The van der Waals surface area contributed by atoms with Gasteiger partial charge in [-0.1, -0.05) is 11.6 Å². The van der Waals surface area contributed by atoms with Gasteiger partial charge in [0.05, 0.1) is 6.54 Å². The van der Waals surface area contributed by atoms with E-state index in [-0.39, 0.29) is 0 Å². The van der Waals surface area contributed by atoms with Crippen molar-refractivity contribution < 1.29 is 4.74 Å². The van der Waals surface area contributed by atoms with Gasteiger partial charge in [0.15, 0.2) is 0 Å². The fourth-order valence-corrected chi connectivity index (χ4v) is 1.35. The van der Waals surface area contributed by atoms with E-state index in [9.17, 15) is 0 Å². The highest BCUT2D eigenvalue weighted by Crippen LogP contribution is 2.15. The molecule has 0 amide bonds. The molecule has 1 heterocycles. The summed E-state index contributed by atoms with van der Waals surface area (Å²) in [5, 5.41) is 4.79. The van der Waals surface area contributed by atoms with Crippen LogP contribution in [-0.4, -0.2) is 16.4 Å². The van der Waals surface area contributed by atoms with Gasteiger partial charge in [0.1, 0.15) is 12.4 Å². The summed E-state index contributed by atoms with van der Waals surface area (Å²) in [4.78, 5) is 0. The van der Waals surface area contributed by atoms with Crippen LogP contribution in [-0.2, 0) is 6.54 Å². The van der Waals surface area contributed by atoms with Crippen LogP contribution in [0.25, 0.3) is 0 Å². The second-order valence-electron chi connectivity index (χ2n) is 3.07. The Morgan fingerprint density at radius 1 is 1.27 bits per heavy atom. The van der Waals surface area contributed by atoms with Gasteiger partial charge < -0.3 is 4.74 Å². The van der Waals surface area contributed by atoms with E-state index in [0.29, 0.717) is 6.61 Å². The van der Waals surface area contributed by atoms with Crippen molar-refractivity contribution in [1.29, 1.82) is 0 Å². The molecule has 0 aliphatic heterocycles. The summed E-state index contributed by atoms with van der Waals surface area (Å²) in [6, 6.07) is 9.22. The number of benzene rings is 1. The summed E-state index contributed by atoms with van der Waals surface area (Å²) in [7, 11) is 0. The molecule has 0 radical (unpaired) electrons. The van der Waals surface area contributed by atoms with Gasteiger partial charge in [-0.15, -0.1) is 0 Å². The minimum Gasteiger partial charge on any atom is -0.492 e. The molecule has 0 aliphatic rings. The number of nitrogens with zero attached hydrogens (tertiary/aromatic N) is 2. The van der Waals surface area contributed by atoms with Crippen molar-refractivity contribution in [3.63, 3.8) is 0 Å². The lowest BCUT2D eigenvalue weighted by molar-refractivity contribution is 0.291. The van der Waals surface area contributed by atoms with Gasteiger partial charge >= 0.3 is 0 Å². The zero-order valence-corrected chi connectivity index (χ0v) is 8.89. The number of halogens is 1. The Morgan fingerprint density at radius 2 is 2.07 bits per heavy atom. The lowest BCUT2D eigenvalue weighted by Crippen LogP contribution is -2.08. The predicted molar refractivity (Wildman–Crippen MR) is 59.2 cm³/mol. The first kappa shape index (κ1) is 10.1. The Kier molecular flexibility index (Phi) is 3.25. The van der Waals surface area contributed by atoms with Gasteiger partial charge in [0.25, 0.3) is 0 Å². The normalized spacial score (nSPS) is 10.2. The minimum atomic E-state index is 0.601. The van der Waals surface area contributed by atoms with Crippen molar-refractivity contribution in [1.82, 2.24) is 9.78 Å². The van der Waals surface area contributed by atoms with Gasteiger partial charge in [-0.3, -0.25) is 4.68 Å². The van der Waals surface area contributed by atoms with Crippen molar-refractivity contribution in [2.45, 2.75) is 6.54 Å². The van der Waals surface area contributed by atoms with Crippen LogP contribution in [0.1, 0.15) is 0 Å². The highest BCUT2D eigenvalue weighted by Gasteiger charge is 1.94. The van der Waals surface area contributed by atoms with Crippen LogP contribution >= 0.6 is 11.6 Å². The third-order valence-electron chi connectivity index (χ3n) is 1.96. The van der Waals surface area contributed by atoms with E-state index in [1.807, 2.05) is 41.2 Å². The smallest absolute Gasteiger partial charge is 0.119 e. The molecular formula is C11H11ClN2O. The molecule has 0 saturated heterocycles. The summed E-state index contributed by atoms with van der Waals surface area (Å²) in [6.07, 6.45) is 3.66. The number of rotatable bonds is 4. The van der Waals surface area contributed by atoms with Crippen LogP contribution in [0.5, 0.6) is 5.75 Å². The van der Waals surface area contributed by atoms with E-state index >= 15 is 0 Å². The molecule has 78 valence electrons. The fourth-order valence-electron chi connectivity index (χ4n) is 1.22. The zero-order chi connectivity index (χ0) is 10.5. The highest BCUT2D eigenvalue weighted by molar-refractivity contribution is 6.30. The standard InChI is InChI=1S/C11H11ClN2O/c12-10-2-4-11(5-3-10)15-9-8-14-7-1-6-13-14/h1-7H,8-9H2. The van der Waals surface area contributed by atoms with Gasteiger partial charge in [-0.2, -0.15) is 5.10 Å². The first-order valence-electron chi connectivity index (χ1n) is 4.70. The largest absolute Gasteiger partial charge is 0.492 e. The van der Waals surface area contributed by atoms with E-state index < -0.39 is 0 Å². The summed E-state index contributed by atoms with van der Waals surface area (Å²) in [5.41, 5.74) is 0. The zero-order valence-electron chi connectivity index (χ0n) is 8.14. The first-order chi connectivity index (χ1) is 7.34. The molecule has 0 saturated carbocycles. The topological polar surface area (TPSA) is 27.1 Å². The quantitative estimate of drug-likeness (QED) is 0.795. The Bertz CT molecular complexity index is 397. The van der Waals surface area contributed by atoms with Gasteiger partial charge in [0, 0.05) is 17.4 Å². The Labute approximate surface area is 93.2 Å². The van der Waals surface area contributed by atoms with Crippen molar-refractivity contribution in [3.05, 3.63) is 47.7 Å². The average molecular weight is 223 g/mol. The minimum absolute atomic E-state index is 0.601. The SMILES string of the molecule is Clc1ccc(OCCn2cccn2)cc1. The second-order valence-corrected chi connectivity index (χ2v) is 3.51. The Hall–Kier alpha value is -1.48. The van der Waals surface area contributed by atoms with Crippen molar-refractivity contribution >= 4 is 11.6 Å². The maximum atomic E-state index is 5.76. The summed E-state index contributed by atoms with van der Waals surface area (Å²) in [5.74, 6) is 0.826. The second kappa shape index (κ2) is 4.84. The summed E-state index contributed by atoms with van der Waals surface area (Å²) >= 11 is 5.76. The number of aromatic nitrogens is 2. The van der Waals surface area contributed by atoms with Gasteiger partial charge in [-0.25, -0.2) is 0 Å². The van der Waals surface area contributed by atoms with Gasteiger partial charge in [0.2, 0.25) is 0 Å². The van der Waals surface area contributed by atoms with Crippen LogP contribution < -0.4 is 4.74 Å². The maximum absolute atomic E-state index is 5.76. The molecule has 1 aromatic heterocycles. The summed E-state index contributed by atoms with van der Waals surface area (Å²) in [6.45, 7) is 1.35. The number of hydrogen-bond donors (Lipinski definition) is 0. The highest BCUT2D eigenvalue weighted by atomic mass is 35.5. The van der Waals surface area contributed by atoms with Crippen LogP contribution in [0.2, 0.25) is 5.02 Å². The molecule has 15 heavy (non-hydrogen) atoms. The molecule has 3 nitrogen and oxygen atoms in total. The first-order valence-corrected chi connectivity index (χ1v) is 5.08. The molecule has 0 fully saturated rings. The lowest BCUT2D eigenvalue weighted by Gasteiger charge is -2.05. The van der Waals surface area contributed by atoms with Gasteiger partial charge in [-0.05, 0) is 30.3 Å². The summed E-state index contributed by atoms with van der Waals surface area (Å²) < 4.78 is 7.34. The van der Waals surface area contributed by atoms with Crippen LogP contribution in [0.15, 0.2) is 42.7 Å². The van der Waals surface area contributed by atoms with Crippen molar-refractivity contribution in [2.24, 2.45) is 0 Å². The van der Waals surface area contributed by atoms with Crippen molar-refractivity contribution in [3.8, 4) is 5.75 Å². The average Bonchev–Trinajstić information content (AvgIpc) is 2.74. The number of hydrogen-bond acceptors (Lipinski definition) is 2. The third kappa shape index (κ3) is 2.99. The maximum Gasteiger partial charge on any atom is 0.119 e. The molecule has 2 aromatic rings. The molecule has 0 aliphatic carbocycles. The van der Waals surface area contributed by atoms with Crippen molar-refractivity contribution in [2.75, 3.05) is 6.61 Å². The van der Waals surface area contributed by atoms with E-state index in [4.69, 9.17) is 16.3 Å². The molecule has 0 N–H and O–H groups in total. The van der Waals surface area contributed by atoms with E-state index in [1.54, 1.807) is 6.20 Å². The molecule has 0 spiro atoms. The Balaban J connectivity index is 1.81.